The summed E-state index contributed by atoms with van der Waals surface area (Å²) < 4.78 is 0. The number of carbonyl (C=O) groups is 1. The third-order valence-electron chi connectivity index (χ3n) is 3.89. The Morgan fingerprint density at radius 1 is 1.58 bits per heavy atom. The van der Waals surface area contributed by atoms with Crippen LogP contribution in [0, 0.1) is 23.2 Å². The average Bonchev–Trinajstić information content (AvgIpc) is 2.55. The molecule has 1 saturated carbocycles. The van der Waals surface area contributed by atoms with Crippen molar-refractivity contribution in [3.8, 4) is 0 Å². The molecule has 1 nitrogen and oxygen atoms in total. The van der Waals surface area contributed by atoms with Crippen LogP contribution < -0.4 is 0 Å². The number of rotatable bonds is 1. The Balaban J connectivity index is 2.26. The van der Waals surface area contributed by atoms with E-state index >= 15 is 0 Å². The Morgan fingerprint density at radius 2 is 2.25 bits per heavy atom. The fraction of sp³-hybridized carbons (Fsp3) is 0.727. The molecule has 0 aromatic rings. The molecule has 0 bridgehead atoms. The van der Waals surface area contributed by atoms with Gasteiger partial charge < -0.3 is 4.79 Å². The first-order valence-electron chi connectivity index (χ1n) is 4.71. The minimum atomic E-state index is 0.221. The van der Waals surface area contributed by atoms with Gasteiger partial charge >= 0.3 is 0 Å². The number of allylic oxidation sites excluding steroid dienone is 2. The van der Waals surface area contributed by atoms with Crippen LogP contribution >= 0.6 is 0 Å². The lowest BCUT2D eigenvalue weighted by molar-refractivity contribution is -0.111. The van der Waals surface area contributed by atoms with Crippen molar-refractivity contribution >= 4 is 6.29 Å². The van der Waals surface area contributed by atoms with Gasteiger partial charge in [-0.05, 0) is 30.6 Å². The summed E-state index contributed by atoms with van der Waals surface area (Å²) in [4.78, 5) is 10.9. The minimum Gasteiger partial charge on any atom is -0.303 e. The van der Waals surface area contributed by atoms with E-state index in [0.717, 1.165) is 12.2 Å². The second-order valence-corrected chi connectivity index (χ2v) is 4.80. The zero-order chi connectivity index (χ0) is 8.93. The SMILES string of the molecule is CC1=CCC2C(C1C=O)C2(C)C. The summed E-state index contributed by atoms with van der Waals surface area (Å²) in [5.74, 6) is 1.63. The Kier molecular flexibility index (Phi) is 1.48. The highest BCUT2D eigenvalue weighted by Gasteiger charge is 2.61. The predicted molar refractivity (Wildman–Crippen MR) is 48.7 cm³/mol. The monoisotopic (exact) mass is 164 g/mol. The van der Waals surface area contributed by atoms with Gasteiger partial charge in [0.15, 0.2) is 0 Å². The maximum absolute atomic E-state index is 10.9. The van der Waals surface area contributed by atoms with E-state index in [9.17, 15) is 4.79 Å². The molecule has 0 aromatic carbocycles. The second kappa shape index (κ2) is 2.21. The van der Waals surface area contributed by atoms with E-state index in [1.165, 1.54) is 12.0 Å². The van der Waals surface area contributed by atoms with Gasteiger partial charge in [-0.25, -0.2) is 0 Å². The molecule has 1 heteroatoms. The van der Waals surface area contributed by atoms with E-state index in [4.69, 9.17) is 0 Å². The molecule has 0 amide bonds. The lowest BCUT2D eigenvalue weighted by Gasteiger charge is -2.15. The van der Waals surface area contributed by atoms with Crippen LogP contribution in [0.1, 0.15) is 27.2 Å². The summed E-state index contributed by atoms with van der Waals surface area (Å²) in [5.41, 5.74) is 1.71. The van der Waals surface area contributed by atoms with Gasteiger partial charge in [0.2, 0.25) is 0 Å². The smallest absolute Gasteiger partial charge is 0.127 e. The first-order chi connectivity index (χ1) is 5.59. The van der Waals surface area contributed by atoms with E-state index in [2.05, 4.69) is 26.8 Å². The van der Waals surface area contributed by atoms with Crippen molar-refractivity contribution in [1.29, 1.82) is 0 Å². The Bertz CT molecular complexity index is 250. The van der Waals surface area contributed by atoms with Crippen LogP contribution in [0.3, 0.4) is 0 Å². The molecule has 0 aliphatic heterocycles. The highest BCUT2D eigenvalue weighted by molar-refractivity contribution is 5.61. The largest absolute Gasteiger partial charge is 0.303 e. The molecular formula is C11H16O. The zero-order valence-electron chi connectivity index (χ0n) is 8.00. The van der Waals surface area contributed by atoms with Crippen LogP contribution in [0.15, 0.2) is 11.6 Å². The Labute approximate surface area is 73.8 Å². The lowest BCUT2D eigenvalue weighted by atomic mass is 9.89. The van der Waals surface area contributed by atoms with Gasteiger partial charge in [-0.15, -0.1) is 0 Å². The number of fused-ring (bicyclic) bond motifs is 1. The minimum absolute atomic E-state index is 0.221. The fourth-order valence-electron chi connectivity index (χ4n) is 2.87. The molecule has 2 aliphatic rings. The predicted octanol–water partition coefficient (Wildman–Crippen LogP) is 2.42. The maximum Gasteiger partial charge on any atom is 0.127 e. The van der Waals surface area contributed by atoms with Crippen molar-refractivity contribution < 1.29 is 4.79 Å². The topological polar surface area (TPSA) is 17.1 Å². The maximum atomic E-state index is 10.9. The molecule has 0 heterocycles. The number of hydrogen-bond acceptors (Lipinski definition) is 1. The van der Waals surface area contributed by atoms with Crippen LogP contribution in [-0.4, -0.2) is 6.29 Å². The molecule has 3 atom stereocenters. The lowest BCUT2D eigenvalue weighted by Crippen LogP contribution is -2.12. The highest BCUT2D eigenvalue weighted by atomic mass is 16.1. The first kappa shape index (κ1) is 8.03. The third-order valence-corrected chi connectivity index (χ3v) is 3.89. The van der Waals surface area contributed by atoms with Crippen LogP contribution in [0.5, 0.6) is 0 Å². The molecule has 12 heavy (non-hydrogen) atoms. The van der Waals surface area contributed by atoms with E-state index in [1.807, 2.05) is 0 Å². The average molecular weight is 164 g/mol. The molecule has 2 aliphatic carbocycles. The third kappa shape index (κ3) is 0.825. The summed E-state index contributed by atoms with van der Waals surface area (Å²) >= 11 is 0. The van der Waals surface area contributed by atoms with Gasteiger partial charge in [0.1, 0.15) is 6.29 Å². The quantitative estimate of drug-likeness (QED) is 0.429. The van der Waals surface area contributed by atoms with Crippen molar-refractivity contribution in [3.05, 3.63) is 11.6 Å². The first-order valence-corrected chi connectivity index (χ1v) is 4.71. The van der Waals surface area contributed by atoms with Gasteiger partial charge in [-0.2, -0.15) is 0 Å². The molecule has 0 spiro atoms. The summed E-state index contributed by atoms with van der Waals surface area (Å²) in [6.07, 6.45) is 4.57. The van der Waals surface area contributed by atoms with Crippen LogP contribution in [0.2, 0.25) is 0 Å². The Morgan fingerprint density at radius 3 is 2.75 bits per heavy atom. The van der Waals surface area contributed by atoms with Gasteiger partial charge in [-0.3, -0.25) is 0 Å². The molecule has 0 aromatic heterocycles. The van der Waals surface area contributed by atoms with Crippen LogP contribution in [0.4, 0.5) is 0 Å². The molecular weight excluding hydrogens is 148 g/mol. The van der Waals surface area contributed by atoms with Gasteiger partial charge in [0, 0.05) is 5.92 Å². The molecule has 2 rings (SSSR count). The van der Waals surface area contributed by atoms with E-state index in [0.29, 0.717) is 11.3 Å². The normalized spacial score (nSPS) is 42.9. The summed E-state index contributed by atoms with van der Waals surface area (Å²) in [6, 6.07) is 0. The Hall–Kier alpha value is -0.590. The standard InChI is InChI=1S/C11H16O/c1-7-4-5-9-10(8(7)6-12)11(9,2)3/h4,6,8-10H,5H2,1-3H3. The van der Waals surface area contributed by atoms with Crippen molar-refractivity contribution in [2.75, 3.05) is 0 Å². The highest BCUT2D eigenvalue weighted by Crippen LogP contribution is 2.66. The zero-order valence-corrected chi connectivity index (χ0v) is 8.00. The summed E-state index contributed by atoms with van der Waals surface area (Å²) in [5, 5.41) is 0. The molecule has 1 fully saturated rings. The van der Waals surface area contributed by atoms with Gasteiger partial charge in [0.05, 0.1) is 0 Å². The van der Waals surface area contributed by atoms with E-state index in [1.54, 1.807) is 0 Å². The van der Waals surface area contributed by atoms with Crippen molar-refractivity contribution in [1.82, 2.24) is 0 Å². The fourth-order valence-corrected chi connectivity index (χ4v) is 2.87. The summed E-state index contributed by atoms with van der Waals surface area (Å²) in [7, 11) is 0. The molecule has 66 valence electrons. The number of aldehydes is 1. The molecule has 0 saturated heterocycles. The van der Waals surface area contributed by atoms with Gasteiger partial charge in [-0.1, -0.05) is 25.5 Å². The van der Waals surface area contributed by atoms with E-state index in [-0.39, 0.29) is 5.92 Å². The van der Waals surface area contributed by atoms with E-state index < -0.39 is 0 Å². The van der Waals surface area contributed by atoms with Crippen molar-refractivity contribution in [2.24, 2.45) is 23.2 Å². The van der Waals surface area contributed by atoms with Crippen molar-refractivity contribution in [2.45, 2.75) is 27.2 Å². The van der Waals surface area contributed by atoms with Crippen molar-refractivity contribution in [3.63, 3.8) is 0 Å². The molecule has 0 radical (unpaired) electrons. The molecule has 3 unspecified atom stereocenters. The number of carbonyl (C=O) groups excluding carboxylic acids is 1. The van der Waals surface area contributed by atoms with Crippen LogP contribution in [-0.2, 0) is 4.79 Å². The number of hydrogen-bond donors (Lipinski definition) is 0. The van der Waals surface area contributed by atoms with Crippen LogP contribution in [0.25, 0.3) is 0 Å². The summed E-state index contributed by atoms with van der Waals surface area (Å²) in [6.45, 7) is 6.65. The van der Waals surface area contributed by atoms with Gasteiger partial charge in [0.25, 0.3) is 0 Å². The second-order valence-electron chi connectivity index (χ2n) is 4.80. The molecule has 0 N–H and O–H groups in total.